The van der Waals surface area contributed by atoms with Crippen molar-refractivity contribution < 1.29 is 27.8 Å². The molecule has 0 bridgehead atoms. The van der Waals surface area contributed by atoms with E-state index in [0.29, 0.717) is 23.0 Å². The predicted molar refractivity (Wildman–Crippen MR) is 103 cm³/mol. The third-order valence-electron chi connectivity index (χ3n) is 4.18. The number of hydrogen-bond acceptors (Lipinski definition) is 7. The zero-order valence-electron chi connectivity index (χ0n) is 16.5. The second kappa shape index (κ2) is 9.64. The first-order valence-electron chi connectivity index (χ1n) is 8.86. The SMILES string of the molecule is C=C(/C=C(\CCC)OC(F)(F)F)[C@H]1OC(O)N(Cc2nc(SC)ncc2C)C1=C. The summed E-state index contributed by atoms with van der Waals surface area (Å²) in [7, 11) is 0. The number of rotatable bonds is 8. The summed E-state index contributed by atoms with van der Waals surface area (Å²) in [5.74, 6) is -0.273. The molecule has 1 aromatic heterocycles. The van der Waals surface area contributed by atoms with Crippen LogP contribution in [-0.4, -0.2) is 45.1 Å². The molecule has 10 heteroatoms. The van der Waals surface area contributed by atoms with Crippen LogP contribution in [0.25, 0.3) is 0 Å². The molecule has 1 fully saturated rings. The van der Waals surface area contributed by atoms with E-state index in [1.54, 1.807) is 13.1 Å². The van der Waals surface area contributed by atoms with E-state index in [2.05, 4.69) is 27.9 Å². The summed E-state index contributed by atoms with van der Waals surface area (Å²) < 4.78 is 47.3. The molecule has 1 aliphatic rings. The van der Waals surface area contributed by atoms with Crippen molar-refractivity contribution in [3.63, 3.8) is 0 Å². The monoisotopic (exact) mass is 431 g/mol. The summed E-state index contributed by atoms with van der Waals surface area (Å²) >= 11 is 1.39. The topological polar surface area (TPSA) is 67.7 Å². The summed E-state index contributed by atoms with van der Waals surface area (Å²) in [5.41, 5.74) is 2.08. The zero-order valence-corrected chi connectivity index (χ0v) is 17.3. The molecule has 0 amide bonds. The summed E-state index contributed by atoms with van der Waals surface area (Å²) in [4.78, 5) is 10.1. The molecule has 0 saturated carbocycles. The molecule has 1 N–H and O–H groups in total. The van der Waals surface area contributed by atoms with Gasteiger partial charge in [-0.2, -0.15) is 0 Å². The molecule has 1 aliphatic heterocycles. The van der Waals surface area contributed by atoms with Gasteiger partial charge in [-0.15, -0.1) is 13.2 Å². The Labute approximate surface area is 172 Å². The number of thioether (sulfide) groups is 1. The Bertz CT molecular complexity index is 799. The van der Waals surface area contributed by atoms with Crippen LogP contribution < -0.4 is 0 Å². The van der Waals surface area contributed by atoms with Crippen LogP contribution in [0.5, 0.6) is 0 Å². The second-order valence-electron chi connectivity index (χ2n) is 6.43. The van der Waals surface area contributed by atoms with Crippen molar-refractivity contribution in [2.24, 2.45) is 0 Å². The Morgan fingerprint density at radius 1 is 1.48 bits per heavy atom. The maximum Gasteiger partial charge on any atom is 0.572 e. The third-order valence-corrected chi connectivity index (χ3v) is 4.74. The van der Waals surface area contributed by atoms with E-state index >= 15 is 0 Å². The Kier molecular flexibility index (Phi) is 7.73. The maximum absolute atomic E-state index is 12.6. The van der Waals surface area contributed by atoms with Crippen LogP contribution in [0.1, 0.15) is 31.0 Å². The largest absolute Gasteiger partial charge is 0.572 e. The number of aryl methyl sites for hydroxylation is 1. The Morgan fingerprint density at radius 2 is 2.17 bits per heavy atom. The third kappa shape index (κ3) is 6.22. The molecule has 1 aromatic rings. The number of hydrogen-bond donors (Lipinski definition) is 1. The van der Waals surface area contributed by atoms with E-state index in [4.69, 9.17) is 4.74 Å². The summed E-state index contributed by atoms with van der Waals surface area (Å²) in [5, 5.41) is 10.9. The first-order valence-corrected chi connectivity index (χ1v) is 10.1. The minimum Gasteiger partial charge on any atom is -0.410 e. The highest BCUT2D eigenvalue weighted by Crippen LogP contribution is 2.32. The van der Waals surface area contributed by atoms with Gasteiger partial charge in [-0.3, -0.25) is 0 Å². The van der Waals surface area contributed by atoms with E-state index in [0.717, 1.165) is 5.56 Å². The molecule has 0 radical (unpaired) electrons. The molecular weight excluding hydrogens is 407 g/mol. The predicted octanol–water partition coefficient (Wildman–Crippen LogP) is 4.27. The Hall–Kier alpha value is -2.04. The number of aliphatic hydroxyl groups excluding tert-OH is 1. The summed E-state index contributed by atoms with van der Waals surface area (Å²) in [6.07, 6.45) is -1.73. The highest BCUT2D eigenvalue weighted by Gasteiger charge is 2.37. The molecule has 2 atom stereocenters. The van der Waals surface area contributed by atoms with Gasteiger partial charge in [0.2, 0.25) is 6.41 Å². The quantitative estimate of drug-likeness (QED) is 0.285. The lowest BCUT2D eigenvalue weighted by Crippen LogP contribution is -2.28. The molecule has 0 aliphatic carbocycles. The molecule has 1 unspecified atom stereocenters. The number of alkyl halides is 3. The first kappa shape index (κ1) is 23.2. The van der Waals surface area contributed by atoms with Gasteiger partial charge in [-0.05, 0) is 36.8 Å². The first-order chi connectivity index (χ1) is 13.6. The minimum absolute atomic E-state index is 0.0849. The van der Waals surface area contributed by atoms with Crippen molar-refractivity contribution in [1.29, 1.82) is 0 Å². The van der Waals surface area contributed by atoms with Gasteiger partial charge in [0.05, 0.1) is 12.2 Å². The van der Waals surface area contributed by atoms with E-state index in [-0.39, 0.29) is 24.3 Å². The molecule has 160 valence electrons. The number of aliphatic hydroxyl groups is 1. The zero-order chi connectivity index (χ0) is 21.8. The molecule has 0 aromatic carbocycles. The van der Waals surface area contributed by atoms with E-state index < -0.39 is 18.9 Å². The standard InChI is InChI=1S/C19H24F3N3O3S/c1-6-7-14(28-19(20,21)22)8-11(2)16-13(4)25(18(26)27-16)10-15-12(3)9-23-17(24-15)29-5/h8-9,16,18,26H,2,4,6-7,10H2,1,3,5H3/b14-8+/t16-,18?/m1/s1. The van der Waals surface area contributed by atoms with Gasteiger partial charge in [0.1, 0.15) is 11.9 Å². The lowest BCUT2D eigenvalue weighted by atomic mass is 10.1. The number of halogens is 3. The normalized spacial score (nSPS) is 20.3. The smallest absolute Gasteiger partial charge is 0.410 e. The molecule has 29 heavy (non-hydrogen) atoms. The van der Waals surface area contributed by atoms with Crippen LogP contribution in [-0.2, 0) is 16.0 Å². The van der Waals surface area contributed by atoms with Gasteiger partial charge in [0.15, 0.2) is 5.16 Å². The fourth-order valence-electron chi connectivity index (χ4n) is 2.76. The molecule has 2 rings (SSSR count). The van der Waals surface area contributed by atoms with Crippen LogP contribution in [0.15, 0.2) is 47.6 Å². The van der Waals surface area contributed by atoms with Gasteiger partial charge in [-0.25, -0.2) is 9.97 Å². The van der Waals surface area contributed by atoms with E-state index in [9.17, 15) is 18.3 Å². The summed E-state index contributed by atoms with van der Waals surface area (Å²) in [6, 6.07) is 0. The van der Waals surface area contributed by atoms with Crippen molar-refractivity contribution in [3.05, 3.63) is 53.7 Å². The molecule has 6 nitrogen and oxygen atoms in total. The average molecular weight is 431 g/mol. The Morgan fingerprint density at radius 3 is 2.76 bits per heavy atom. The fraction of sp³-hybridized carbons (Fsp3) is 0.474. The van der Waals surface area contributed by atoms with Gasteiger partial charge >= 0.3 is 6.36 Å². The van der Waals surface area contributed by atoms with Gasteiger partial charge in [0, 0.05) is 18.3 Å². The number of aromatic nitrogens is 2. The van der Waals surface area contributed by atoms with Gasteiger partial charge in [0.25, 0.3) is 0 Å². The van der Waals surface area contributed by atoms with Crippen molar-refractivity contribution in [1.82, 2.24) is 14.9 Å². The number of nitrogens with zero attached hydrogens (tertiary/aromatic N) is 3. The summed E-state index contributed by atoms with van der Waals surface area (Å²) in [6.45, 7) is 11.5. The highest BCUT2D eigenvalue weighted by atomic mass is 32.2. The van der Waals surface area contributed by atoms with Gasteiger partial charge in [-0.1, -0.05) is 31.8 Å². The molecule has 0 spiro atoms. The van der Waals surface area contributed by atoms with E-state index in [1.165, 1.54) is 22.7 Å². The number of ether oxygens (including phenoxy) is 2. The van der Waals surface area contributed by atoms with Crippen LogP contribution in [0.2, 0.25) is 0 Å². The van der Waals surface area contributed by atoms with Crippen LogP contribution >= 0.6 is 11.8 Å². The van der Waals surface area contributed by atoms with Crippen LogP contribution in [0.4, 0.5) is 13.2 Å². The average Bonchev–Trinajstić information content (AvgIpc) is 2.90. The molecule has 1 saturated heterocycles. The lowest BCUT2D eigenvalue weighted by Gasteiger charge is -2.22. The van der Waals surface area contributed by atoms with E-state index in [1.807, 2.05) is 13.2 Å². The van der Waals surface area contributed by atoms with Crippen molar-refractivity contribution in [2.45, 2.75) is 57.3 Å². The van der Waals surface area contributed by atoms with Crippen molar-refractivity contribution >= 4 is 11.8 Å². The molecule has 2 heterocycles. The van der Waals surface area contributed by atoms with Crippen molar-refractivity contribution in [2.75, 3.05) is 6.26 Å². The minimum atomic E-state index is -4.79. The fourth-order valence-corrected chi connectivity index (χ4v) is 3.12. The number of allylic oxidation sites excluding steroid dienone is 1. The van der Waals surface area contributed by atoms with Gasteiger partial charge < -0.3 is 19.5 Å². The Balaban J connectivity index is 2.17. The maximum atomic E-state index is 12.6. The molecular formula is C19H24F3N3O3S. The van der Waals surface area contributed by atoms with Crippen LogP contribution in [0.3, 0.4) is 0 Å². The van der Waals surface area contributed by atoms with Crippen molar-refractivity contribution in [3.8, 4) is 0 Å². The lowest BCUT2D eigenvalue weighted by molar-refractivity contribution is -0.306. The second-order valence-corrected chi connectivity index (χ2v) is 7.20. The highest BCUT2D eigenvalue weighted by molar-refractivity contribution is 7.98. The van der Waals surface area contributed by atoms with Crippen LogP contribution in [0, 0.1) is 6.92 Å².